The van der Waals surface area contributed by atoms with E-state index in [2.05, 4.69) is 35.2 Å². The van der Waals surface area contributed by atoms with Crippen molar-refractivity contribution in [1.29, 1.82) is 0 Å². The van der Waals surface area contributed by atoms with E-state index in [4.69, 9.17) is 4.52 Å². The Morgan fingerprint density at radius 1 is 1.38 bits per heavy atom. The highest BCUT2D eigenvalue weighted by molar-refractivity contribution is 5.51. The predicted molar refractivity (Wildman–Crippen MR) is 85.7 cm³/mol. The van der Waals surface area contributed by atoms with Crippen molar-refractivity contribution in [3.8, 4) is 11.4 Å². The van der Waals surface area contributed by atoms with Crippen molar-refractivity contribution in [2.24, 2.45) is 0 Å². The molecule has 1 atom stereocenters. The molecule has 1 unspecified atom stereocenters. The highest BCUT2D eigenvalue weighted by Crippen LogP contribution is 2.32. The van der Waals surface area contributed by atoms with Crippen LogP contribution in [0.15, 0.2) is 29.0 Å². The number of aromatic nitrogens is 6. The van der Waals surface area contributed by atoms with Crippen molar-refractivity contribution in [2.75, 3.05) is 6.54 Å². The molecule has 0 saturated carbocycles. The first-order chi connectivity index (χ1) is 11.8. The summed E-state index contributed by atoms with van der Waals surface area (Å²) in [5.74, 6) is 2.96. The Hall–Kier alpha value is -2.61. The van der Waals surface area contributed by atoms with Gasteiger partial charge in [0.05, 0.1) is 12.6 Å². The van der Waals surface area contributed by atoms with E-state index in [9.17, 15) is 0 Å². The third-order valence-electron chi connectivity index (χ3n) is 4.26. The lowest BCUT2D eigenvalue weighted by Gasteiger charge is -2.19. The van der Waals surface area contributed by atoms with Crippen LogP contribution in [0.1, 0.15) is 43.3 Å². The van der Waals surface area contributed by atoms with Crippen LogP contribution in [0.2, 0.25) is 0 Å². The Kier molecular flexibility index (Phi) is 4.04. The van der Waals surface area contributed by atoms with Crippen molar-refractivity contribution < 1.29 is 4.52 Å². The summed E-state index contributed by atoms with van der Waals surface area (Å²) in [7, 11) is 0. The van der Waals surface area contributed by atoms with Gasteiger partial charge in [-0.3, -0.25) is 15.0 Å². The predicted octanol–water partition coefficient (Wildman–Crippen LogP) is 2.15. The van der Waals surface area contributed by atoms with Crippen molar-refractivity contribution >= 4 is 0 Å². The lowest BCUT2D eigenvalue weighted by Crippen LogP contribution is -2.23. The third-order valence-corrected chi connectivity index (χ3v) is 4.26. The Labute approximate surface area is 139 Å². The molecule has 1 aliphatic heterocycles. The summed E-state index contributed by atoms with van der Waals surface area (Å²) in [5, 5.41) is 11.3. The van der Waals surface area contributed by atoms with Gasteiger partial charge >= 0.3 is 0 Å². The number of hydrogen-bond donors (Lipinski definition) is 1. The highest BCUT2D eigenvalue weighted by atomic mass is 16.5. The van der Waals surface area contributed by atoms with Gasteiger partial charge in [-0.25, -0.2) is 4.98 Å². The lowest BCUT2D eigenvalue weighted by atomic mass is 10.2. The molecule has 24 heavy (non-hydrogen) atoms. The number of hydrogen-bond acceptors (Lipinski definition) is 7. The van der Waals surface area contributed by atoms with Gasteiger partial charge in [0.2, 0.25) is 11.7 Å². The fraction of sp³-hybridized carbons (Fsp3) is 0.438. The fourth-order valence-corrected chi connectivity index (χ4v) is 3.03. The van der Waals surface area contributed by atoms with Crippen LogP contribution in [-0.2, 0) is 13.0 Å². The summed E-state index contributed by atoms with van der Waals surface area (Å²) in [5.41, 5.74) is 0.861. The maximum Gasteiger partial charge on any atom is 0.244 e. The zero-order chi connectivity index (χ0) is 16.4. The van der Waals surface area contributed by atoms with Crippen molar-refractivity contribution in [1.82, 2.24) is 35.2 Å². The number of likely N-dealkylation sites (tertiary alicyclic amines) is 1. The Morgan fingerprint density at radius 2 is 2.33 bits per heavy atom. The summed E-state index contributed by atoms with van der Waals surface area (Å²) in [6, 6.07) is 3.91. The van der Waals surface area contributed by atoms with Crippen LogP contribution in [0.5, 0.6) is 0 Å². The molecule has 124 valence electrons. The molecule has 1 aliphatic rings. The van der Waals surface area contributed by atoms with E-state index in [0.717, 1.165) is 43.0 Å². The minimum atomic E-state index is 0.123. The zero-order valence-corrected chi connectivity index (χ0v) is 13.5. The van der Waals surface area contributed by atoms with E-state index in [1.165, 1.54) is 0 Å². The number of rotatable bonds is 5. The lowest BCUT2D eigenvalue weighted by molar-refractivity contribution is 0.197. The smallest absolute Gasteiger partial charge is 0.244 e. The zero-order valence-electron chi connectivity index (χ0n) is 13.5. The molecule has 3 aromatic rings. The minimum Gasteiger partial charge on any atom is -0.337 e. The minimum absolute atomic E-state index is 0.123. The van der Waals surface area contributed by atoms with Gasteiger partial charge in [-0.15, -0.1) is 0 Å². The molecule has 4 rings (SSSR count). The van der Waals surface area contributed by atoms with Crippen molar-refractivity contribution in [3.05, 3.63) is 42.1 Å². The number of pyridine rings is 1. The fourth-order valence-electron chi connectivity index (χ4n) is 3.03. The van der Waals surface area contributed by atoms with E-state index >= 15 is 0 Å². The Balaban J connectivity index is 1.51. The van der Waals surface area contributed by atoms with Crippen LogP contribution in [0.25, 0.3) is 11.4 Å². The van der Waals surface area contributed by atoms with Gasteiger partial charge < -0.3 is 4.52 Å². The number of aromatic amines is 1. The SMILES string of the molecule is CCc1n[nH]c(CN2CCCC2c2nc(-c3cccnc3)no2)n1. The van der Waals surface area contributed by atoms with Crippen molar-refractivity contribution in [2.45, 2.75) is 38.8 Å². The number of nitrogens with one attached hydrogen (secondary N) is 1. The number of nitrogens with zero attached hydrogens (tertiary/aromatic N) is 6. The second-order valence-electron chi connectivity index (χ2n) is 5.88. The third kappa shape index (κ3) is 2.92. The largest absolute Gasteiger partial charge is 0.337 e. The standard InChI is InChI=1S/C16H19N7O/c1-2-13-18-14(21-20-13)10-23-8-4-6-12(23)16-19-15(22-24-16)11-5-3-7-17-9-11/h3,5,7,9,12H,2,4,6,8,10H2,1H3,(H,18,20,21). The van der Waals surface area contributed by atoms with Crippen LogP contribution in [0, 0.1) is 0 Å². The molecule has 1 N–H and O–H groups in total. The molecular weight excluding hydrogens is 306 g/mol. The molecule has 0 spiro atoms. The summed E-state index contributed by atoms with van der Waals surface area (Å²) in [4.78, 5) is 15.5. The van der Waals surface area contributed by atoms with Gasteiger partial charge in [0, 0.05) is 24.4 Å². The van der Waals surface area contributed by atoms with Gasteiger partial charge in [0.1, 0.15) is 11.6 Å². The van der Waals surface area contributed by atoms with Crippen LogP contribution in [0.3, 0.4) is 0 Å². The van der Waals surface area contributed by atoms with E-state index in [-0.39, 0.29) is 6.04 Å². The first-order valence-corrected chi connectivity index (χ1v) is 8.21. The molecule has 0 radical (unpaired) electrons. The molecule has 0 aliphatic carbocycles. The van der Waals surface area contributed by atoms with E-state index < -0.39 is 0 Å². The highest BCUT2D eigenvalue weighted by Gasteiger charge is 2.31. The molecule has 0 aromatic carbocycles. The summed E-state index contributed by atoms with van der Waals surface area (Å²) >= 11 is 0. The second kappa shape index (κ2) is 6.48. The summed E-state index contributed by atoms with van der Waals surface area (Å²) in [6.07, 6.45) is 6.40. The molecule has 0 bridgehead atoms. The van der Waals surface area contributed by atoms with E-state index in [0.29, 0.717) is 18.3 Å². The first-order valence-electron chi connectivity index (χ1n) is 8.21. The summed E-state index contributed by atoms with van der Waals surface area (Å²) in [6.45, 7) is 3.74. The van der Waals surface area contributed by atoms with Crippen molar-refractivity contribution in [3.63, 3.8) is 0 Å². The number of H-pyrrole nitrogens is 1. The Bertz CT molecular complexity index is 798. The summed E-state index contributed by atoms with van der Waals surface area (Å²) < 4.78 is 5.52. The second-order valence-corrected chi connectivity index (χ2v) is 5.88. The van der Waals surface area contributed by atoms with Gasteiger partial charge in [-0.1, -0.05) is 12.1 Å². The van der Waals surface area contributed by atoms with Crippen LogP contribution in [0.4, 0.5) is 0 Å². The van der Waals surface area contributed by atoms with Gasteiger partial charge in [0.25, 0.3) is 0 Å². The quantitative estimate of drug-likeness (QED) is 0.767. The van der Waals surface area contributed by atoms with E-state index in [1.54, 1.807) is 12.4 Å². The van der Waals surface area contributed by atoms with Gasteiger partial charge in [-0.05, 0) is 31.5 Å². The van der Waals surface area contributed by atoms with Crippen LogP contribution >= 0.6 is 0 Å². The molecule has 8 nitrogen and oxygen atoms in total. The Morgan fingerprint density at radius 3 is 3.12 bits per heavy atom. The monoisotopic (exact) mass is 325 g/mol. The molecule has 1 fully saturated rings. The molecule has 1 saturated heterocycles. The van der Waals surface area contributed by atoms with Gasteiger partial charge in [0.15, 0.2) is 0 Å². The molecule has 3 aromatic heterocycles. The number of aryl methyl sites for hydroxylation is 1. The topological polar surface area (TPSA) is 96.6 Å². The molecule has 0 amide bonds. The maximum atomic E-state index is 5.52. The normalized spacial score (nSPS) is 18.3. The van der Waals surface area contributed by atoms with Crippen LogP contribution in [-0.4, -0.2) is 41.8 Å². The average Bonchev–Trinajstić information content (AvgIpc) is 3.36. The van der Waals surface area contributed by atoms with Crippen LogP contribution < -0.4 is 0 Å². The molecule has 8 heteroatoms. The molecule has 4 heterocycles. The van der Waals surface area contributed by atoms with E-state index in [1.807, 2.05) is 19.1 Å². The average molecular weight is 325 g/mol. The maximum absolute atomic E-state index is 5.52. The first kappa shape index (κ1) is 14.9. The molecular formula is C16H19N7O. The van der Waals surface area contributed by atoms with Gasteiger partial charge in [-0.2, -0.15) is 10.1 Å².